The molecule has 2 aromatic rings. The molecule has 132 valence electrons. The number of hydrogen-bond acceptors (Lipinski definition) is 6. The number of Topliss-reactive ketones (excluding diaryl/α,β-unsaturated/α-hetero) is 1. The predicted octanol–water partition coefficient (Wildman–Crippen LogP) is 2.18. The SMILES string of the molecule is CC(=O)c1ccc(N2CCN(Cc3oc(C)cc(=O)c3O)CC2)cc1. The Bertz CT molecular complexity index is 818. The van der Waals surface area contributed by atoms with Crippen LogP contribution in [0, 0.1) is 6.92 Å². The zero-order chi connectivity index (χ0) is 18.0. The number of piperazine rings is 1. The third-order valence-electron chi connectivity index (χ3n) is 4.49. The monoisotopic (exact) mass is 342 g/mol. The molecule has 0 aliphatic carbocycles. The maximum Gasteiger partial charge on any atom is 0.227 e. The molecule has 6 nitrogen and oxygen atoms in total. The van der Waals surface area contributed by atoms with Crippen molar-refractivity contribution in [3.05, 3.63) is 57.6 Å². The zero-order valence-electron chi connectivity index (χ0n) is 14.5. The van der Waals surface area contributed by atoms with E-state index in [9.17, 15) is 14.7 Å². The molecule has 1 aromatic heterocycles. The van der Waals surface area contributed by atoms with E-state index in [0.717, 1.165) is 31.9 Å². The van der Waals surface area contributed by atoms with Gasteiger partial charge in [0, 0.05) is 43.5 Å². The van der Waals surface area contributed by atoms with E-state index in [0.29, 0.717) is 23.6 Å². The Balaban J connectivity index is 1.62. The van der Waals surface area contributed by atoms with Gasteiger partial charge >= 0.3 is 0 Å². The van der Waals surface area contributed by atoms with Crippen molar-refractivity contribution in [2.45, 2.75) is 20.4 Å². The number of aromatic hydroxyl groups is 1. The van der Waals surface area contributed by atoms with Gasteiger partial charge in [0.05, 0.1) is 6.54 Å². The number of hydrogen-bond donors (Lipinski definition) is 1. The van der Waals surface area contributed by atoms with Crippen molar-refractivity contribution in [2.75, 3.05) is 31.1 Å². The van der Waals surface area contributed by atoms with Crippen molar-refractivity contribution in [3.63, 3.8) is 0 Å². The highest BCUT2D eigenvalue weighted by Crippen LogP contribution is 2.20. The second-order valence-electron chi connectivity index (χ2n) is 6.36. The summed E-state index contributed by atoms with van der Waals surface area (Å²) < 4.78 is 5.50. The summed E-state index contributed by atoms with van der Waals surface area (Å²) >= 11 is 0. The maximum absolute atomic E-state index is 11.7. The van der Waals surface area contributed by atoms with Crippen LogP contribution in [0.25, 0.3) is 0 Å². The van der Waals surface area contributed by atoms with E-state index in [2.05, 4.69) is 9.80 Å². The van der Waals surface area contributed by atoms with Crippen molar-refractivity contribution >= 4 is 11.5 Å². The number of aryl methyl sites for hydroxylation is 1. The molecule has 25 heavy (non-hydrogen) atoms. The Morgan fingerprint density at radius 1 is 1.16 bits per heavy atom. The highest BCUT2D eigenvalue weighted by molar-refractivity contribution is 5.94. The number of benzene rings is 1. The number of carbonyl (C=O) groups excluding carboxylic acids is 1. The van der Waals surface area contributed by atoms with E-state index in [1.807, 2.05) is 24.3 Å². The summed E-state index contributed by atoms with van der Waals surface area (Å²) in [4.78, 5) is 27.4. The van der Waals surface area contributed by atoms with Crippen LogP contribution < -0.4 is 10.3 Å². The molecule has 0 amide bonds. The van der Waals surface area contributed by atoms with Gasteiger partial charge < -0.3 is 14.4 Å². The number of carbonyl (C=O) groups is 1. The lowest BCUT2D eigenvalue weighted by molar-refractivity contribution is 0.101. The van der Waals surface area contributed by atoms with Gasteiger partial charge in [-0.15, -0.1) is 0 Å². The normalized spacial score (nSPS) is 15.4. The van der Waals surface area contributed by atoms with Crippen molar-refractivity contribution in [1.29, 1.82) is 0 Å². The molecule has 1 aliphatic heterocycles. The van der Waals surface area contributed by atoms with Crippen molar-refractivity contribution in [2.24, 2.45) is 0 Å². The van der Waals surface area contributed by atoms with Crippen LogP contribution in [0.1, 0.15) is 28.8 Å². The first-order valence-electron chi connectivity index (χ1n) is 8.35. The van der Waals surface area contributed by atoms with Gasteiger partial charge in [0.15, 0.2) is 11.5 Å². The van der Waals surface area contributed by atoms with Crippen LogP contribution in [0.2, 0.25) is 0 Å². The van der Waals surface area contributed by atoms with Crippen LogP contribution in [0.3, 0.4) is 0 Å². The van der Waals surface area contributed by atoms with Crippen molar-refractivity contribution in [3.8, 4) is 5.75 Å². The first kappa shape index (κ1) is 17.2. The van der Waals surface area contributed by atoms with E-state index < -0.39 is 5.43 Å². The molecule has 2 heterocycles. The molecule has 0 bridgehead atoms. The minimum absolute atomic E-state index is 0.0656. The molecule has 1 N–H and O–H groups in total. The van der Waals surface area contributed by atoms with Gasteiger partial charge in [-0.2, -0.15) is 0 Å². The number of nitrogens with zero attached hydrogens (tertiary/aromatic N) is 2. The summed E-state index contributed by atoms with van der Waals surface area (Å²) in [5.74, 6) is 0.593. The topological polar surface area (TPSA) is 74.0 Å². The molecule has 0 atom stereocenters. The van der Waals surface area contributed by atoms with Crippen molar-refractivity contribution < 1.29 is 14.3 Å². The van der Waals surface area contributed by atoms with E-state index in [1.165, 1.54) is 6.07 Å². The van der Waals surface area contributed by atoms with E-state index in [-0.39, 0.29) is 11.5 Å². The maximum atomic E-state index is 11.7. The molecule has 0 unspecified atom stereocenters. The Hall–Kier alpha value is -2.60. The summed E-state index contributed by atoms with van der Waals surface area (Å²) in [6.45, 7) is 6.93. The minimum atomic E-state index is -0.400. The zero-order valence-corrected chi connectivity index (χ0v) is 14.5. The van der Waals surface area contributed by atoms with Gasteiger partial charge in [-0.3, -0.25) is 14.5 Å². The Labute approximate surface area is 146 Å². The molecule has 0 saturated carbocycles. The molecule has 1 fully saturated rings. The molecule has 6 heteroatoms. The highest BCUT2D eigenvalue weighted by atomic mass is 16.4. The van der Waals surface area contributed by atoms with Crippen LogP contribution in [-0.2, 0) is 6.54 Å². The fraction of sp³-hybridized carbons (Fsp3) is 0.368. The molecule has 1 aliphatic rings. The Morgan fingerprint density at radius 2 is 1.80 bits per heavy atom. The molecule has 1 saturated heterocycles. The summed E-state index contributed by atoms with van der Waals surface area (Å²) in [5.41, 5.74) is 1.41. The molecule has 0 radical (unpaired) electrons. The summed E-state index contributed by atoms with van der Waals surface area (Å²) in [6.07, 6.45) is 0. The molecule has 3 rings (SSSR count). The van der Waals surface area contributed by atoms with Gasteiger partial charge in [-0.1, -0.05) is 0 Å². The van der Waals surface area contributed by atoms with Gasteiger partial charge in [-0.05, 0) is 38.1 Å². The van der Waals surface area contributed by atoms with Gasteiger partial charge in [0.1, 0.15) is 5.76 Å². The van der Waals surface area contributed by atoms with E-state index in [1.54, 1.807) is 13.8 Å². The van der Waals surface area contributed by atoms with Gasteiger partial charge in [0.2, 0.25) is 11.2 Å². The summed E-state index contributed by atoms with van der Waals surface area (Å²) in [6, 6.07) is 8.93. The molecular formula is C19H22N2O4. The number of rotatable bonds is 4. The van der Waals surface area contributed by atoms with Crippen LogP contribution in [0.4, 0.5) is 5.69 Å². The van der Waals surface area contributed by atoms with Crippen LogP contribution in [0.5, 0.6) is 5.75 Å². The second-order valence-corrected chi connectivity index (χ2v) is 6.36. The molecule has 0 spiro atoms. The number of anilines is 1. The lowest BCUT2D eigenvalue weighted by atomic mass is 10.1. The first-order valence-corrected chi connectivity index (χ1v) is 8.35. The fourth-order valence-corrected chi connectivity index (χ4v) is 3.04. The van der Waals surface area contributed by atoms with Crippen LogP contribution in [-0.4, -0.2) is 42.0 Å². The number of ketones is 1. The van der Waals surface area contributed by atoms with Crippen LogP contribution in [0.15, 0.2) is 39.5 Å². The third kappa shape index (κ3) is 3.91. The highest BCUT2D eigenvalue weighted by Gasteiger charge is 2.20. The van der Waals surface area contributed by atoms with Crippen LogP contribution >= 0.6 is 0 Å². The Morgan fingerprint density at radius 3 is 2.40 bits per heavy atom. The van der Waals surface area contributed by atoms with E-state index >= 15 is 0 Å². The Kier molecular flexibility index (Phi) is 4.90. The standard InChI is InChI=1S/C19H22N2O4/c1-13-11-17(23)19(24)18(25-13)12-20-7-9-21(10-8-20)16-5-3-15(4-6-16)14(2)22/h3-6,11,24H,7-10,12H2,1-2H3. The first-order chi connectivity index (χ1) is 11.9. The lowest BCUT2D eigenvalue weighted by Gasteiger charge is -2.35. The second kappa shape index (κ2) is 7.11. The summed E-state index contributed by atoms with van der Waals surface area (Å²) in [5, 5.41) is 9.88. The van der Waals surface area contributed by atoms with Gasteiger partial charge in [-0.25, -0.2) is 0 Å². The third-order valence-corrected chi connectivity index (χ3v) is 4.49. The molecular weight excluding hydrogens is 320 g/mol. The molecule has 1 aromatic carbocycles. The fourth-order valence-electron chi connectivity index (χ4n) is 3.04. The largest absolute Gasteiger partial charge is 0.502 e. The smallest absolute Gasteiger partial charge is 0.227 e. The average Bonchev–Trinajstić information content (AvgIpc) is 2.60. The van der Waals surface area contributed by atoms with Crippen molar-refractivity contribution in [1.82, 2.24) is 4.90 Å². The predicted molar refractivity (Wildman–Crippen MR) is 95.3 cm³/mol. The van der Waals surface area contributed by atoms with E-state index in [4.69, 9.17) is 4.42 Å². The average molecular weight is 342 g/mol. The minimum Gasteiger partial charge on any atom is -0.502 e. The quantitative estimate of drug-likeness (QED) is 0.859. The van der Waals surface area contributed by atoms with Gasteiger partial charge in [0.25, 0.3) is 0 Å². The summed E-state index contributed by atoms with van der Waals surface area (Å²) in [7, 11) is 0. The lowest BCUT2D eigenvalue weighted by Crippen LogP contribution is -2.46.